The molecular weight excluding hydrogens is 262 g/mol. The maximum Gasteiger partial charge on any atom is 0.306 e. The fraction of sp³-hybridized carbons (Fsp3) is 0.667. The molecule has 0 radical (unpaired) electrons. The highest BCUT2D eigenvalue weighted by molar-refractivity contribution is 5.76. The van der Waals surface area contributed by atoms with Crippen molar-refractivity contribution in [3.63, 3.8) is 0 Å². The van der Waals surface area contributed by atoms with Crippen LogP contribution in [-0.4, -0.2) is 39.7 Å². The number of hydrogen-bond acceptors (Lipinski definition) is 5. The molecule has 110 valence electrons. The Bertz CT molecular complexity index is 487. The monoisotopic (exact) mass is 281 g/mol. The van der Waals surface area contributed by atoms with Gasteiger partial charge in [-0.15, -0.1) is 0 Å². The van der Waals surface area contributed by atoms with Crippen LogP contribution >= 0.6 is 0 Å². The van der Waals surface area contributed by atoms with E-state index in [4.69, 9.17) is 0 Å². The molecule has 1 aliphatic heterocycles. The van der Waals surface area contributed by atoms with Gasteiger partial charge < -0.3 is 10.6 Å². The van der Waals surface area contributed by atoms with Crippen LogP contribution in [0.1, 0.15) is 19.8 Å². The maximum absolute atomic E-state index is 11.9. The van der Waals surface area contributed by atoms with Gasteiger partial charge >= 0.3 is 5.69 Å². The molecule has 1 fully saturated rings. The molecule has 1 amide bonds. The Hall–Kier alpha value is -1.96. The first-order chi connectivity index (χ1) is 9.56. The molecule has 0 aliphatic carbocycles. The van der Waals surface area contributed by atoms with Crippen LogP contribution in [0.25, 0.3) is 0 Å². The van der Waals surface area contributed by atoms with Crippen molar-refractivity contribution >= 4 is 11.6 Å². The molecule has 2 N–H and O–H groups in total. The zero-order chi connectivity index (χ0) is 14.5. The number of aryl methyl sites for hydroxylation is 1. The van der Waals surface area contributed by atoms with Crippen molar-refractivity contribution in [3.8, 4) is 0 Å². The van der Waals surface area contributed by atoms with Crippen molar-refractivity contribution in [1.82, 2.24) is 20.4 Å². The molecule has 2 atom stereocenters. The molecule has 1 aliphatic rings. The summed E-state index contributed by atoms with van der Waals surface area (Å²) in [6.45, 7) is 4.25. The fourth-order valence-electron chi connectivity index (χ4n) is 2.25. The van der Waals surface area contributed by atoms with E-state index in [1.165, 1.54) is 17.1 Å². The Balaban J connectivity index is 1.78. The quantitative estimate of drug-likeness (QED) is 0.597. The topological polar surface area (TPSA) is 102 Å². The number of rotatable bonds is 5. The summed E-state index contributed by atoms with van der Waals surface area (Å²) in [5.41, 5.74) is -0.0597. The van der Waals surface area contributed by atoms with Crippen LogP contribution in [0, 0.1) is 16.0 Å². The van der Waals surface area contributed by atoms with E-state index in [1.807, 2.05) is 0 Å². The summed E-state index contributed by atoms with van der Waals surface area (Å²) < 4.78 is 1.42. The van der Waals surface area contributed by atoms with Gasteiger partial charge in [0.1, 0.15) is 12.4 Å². The first-order valence-corrected chi connectivity index (χ1v) is 6.73. The van der Waals surface area contributed by atoms with Crippen molar-refractivity contribution < 1.29 is 9.72 Å². The van der Waals surface area contributed by atoms with Crippen molar-refractivity contribution in [2.45, 2.75) is 32.4 Å². The number of nitrogens with one attached hydrogen (secondary N) is 2. The number of carbonyl (C=O) groups excluding carboxylic acids is 1. The third-order valence-electron chi connectivity index (χ3n) is 3.57. The lowest BCUT2D eigenvalue weighted by molar-refractivity contribution is -0.385. The smallest absolute Gasteiger partial charge is 0.306 e. The minimum absolute atomic E-state index is 0.0521. The molecule has 0 spiro atoms. The lowest BCUT2D eigenvalue weighted by Gasteiger charge is -2.30. The Morgan fingerprint density at radius 3 is 3.15 bits per heavy atom. The number of carbonyl (C=O) groups is 1. The molecular formula is C12H19N5O3. The van der Waals surface area contributed by atoms with E-state index in [1.54, 1.807) is 0 Å². The third kappa shape index (κ3) is 3.77. The molecule has 20 heavy (non-hydrogen) atoms. The number of amides is 1. The van der Waals surface area contributed by atoms with Crippen molar-refractivity contribution in [3.05, 3.63) is 22.5 Å². The van der Waals surface area contributed by atoms with Crippen molar-refractivity contribution in [1.29, 1.82) is 0 Å². The molecule has 2 heterocycles. The summed E-state index contributed by atoms with van der Waals surface area (Å²) in [5.74, 6) is 0.412. The van der Waals surface area contributed by atoms with E-state index in [2.05, 4.69) is 22.7 Å². The average Bonchev–Trinajstić information content (AvgIpc) is 2.88. The standard InChI is InChI=1S/C12H19N5O3/c1-9-2-4-13-7-11(9)15-12(18)3-5-16-8-10(6-14-16)17(19)20/h6,8-9,11,13H,2-5,7H2,1H3,(H,15,18). The van der Waals surface area contributed by atoms with Gasteiger partial charge in [-0.2, -0.15) is 5.10 Å². The summed E-state index contributed by atoms with van der Waals surface area (Å²) in [5, 5.41) is 20.6. The van der Waals surface area contributed by atoms with Gasteiger partial charge in [0.05, 0.1) is 4.92 Å². The van der Waals surface area contributed by atoms with Crippen LogP contribution in [-0.2, 0) is 11.3 Å². The van der Waals surface area contributed by atoms with Crippen LogP contribution in [0.5, 0.6) is 0 Å². The normalized spacial score (nSPS) is 22.4. The lowest BCUT2D eigenvalue weighted by atomic mass is 9.95. The predicted octanol–water partition coefficient (Wildman–Crippen LogP) is 0.296. The van der Waals surface area contributed by atoms with E-state index in [9.17, 15) is 14.9 Å². The van der Waals surface area contributed by atoms with E-state index < -0.39 is 4.92 Å². The molecule has 0 aromatic carbocycles. The first kappa shape index (κ1) is 14.4. The van der Waals surface area contributed by atoms with E-state index in [0.717, 1.165) is 19.5 Å². The van der Waals surface area contributed by atoms with Gasteiger partial charge in [0.15, 0.2) is 0 Å². The summed E-state index contributed by atoms with van der Waals surface area (Å²) in [6.07, 6.45) is 3.83. The molecule has 1 aromatic rings. The van der Waals surface area contributed by atoms with Gasteiger partial charge in [0.2, 0.25) is 5.91 Å². The van der Waals surface area contributed by atoms with Crippen LogP contribution < -0.4 is 10.6 Å². The number of nitrogens with zero attached hydrogens (tertiary/aromatic N) is 3. The van der Waals surface area contributed by atoms with Gasteiger partial charge in [-0.25, -0.2) is 0 Å². The largest absolute Gasteiger partial charge is 0.352 e. The number of piperidine rings is 1. The molecule has 8 nitrogen and oxygen atoms in total. The summed E-state index contributed by atoms with van der Waals surface area (Å²) in [6, 6.07) is 0.156. The maximum atomic E-state index is 11.9. The minimum atomic E-state index is -0.501. The van der Waals surface area contributed by atoms with Gasteiger partial charge in [-0.3, -0.25) is 19.6 Å². The Morgan fingerprint density at radius 2 is 2.50 bits per heavy atom. The van der Waals surface area contributed by atoms with E-state index in [-0.39, 0.29) is 24.1 Å². The molecule has 2 unspecified atom stereocenters. The first-order valence-electron chi connectivity index (χ1n) is 6.73. The molecule has 2 rings (SSSR count). The molecule has 1 aromatic heterocycles. The molecule has 0 bridgehead atoms. The molecule has 1 saturated heterocycles. The summed E-state index contributed by atoms with van der Waals surface area (Å²) in [7, 11) is 0. The van der Waals surface area contributed by atoms with Gasteiger partial charge in [-0.05, 0) is 18.9 Å². The van der Waals surface area contributed by atoms with Gasteiger partial charge in [-0.1, -0.05) is 6.92 Å². The number of nitro groups is 1. The molecule has 0 saturated carbocycles. The SMILES string of the molecule is CC1CCNCC1NC(=O)CCn1cc([N+](=O)[O-])cn1. The zero-order valence-electron chi connectivity index (χ0n) is 11.4. The predicted molar refractivity (Wildman–Crippen MR) is 72.1 cm³/mol. The summed E-state index contributed by atoms with van der Waals surface area (Å²) >= 11 is 0. The molecule has 8 heteroatoms. The minimum Gasteiger partial charge on any atom is -0.352 e. The summed E-state index contributed by atoms with van der Waals surface area (Å²) in [4.78, 5) is 21.9. The van der Waals surface area contributed by atoms with Gasteiger partial charge in [0.25, 0.3) is 0 Å². The lowest BCUT2D eigenvalue weighted by Crippen LogP contribution is -2.50. The van der Waals surface area contributed by atoms with Crippen molar-refractivity contribution in [2.24, 2.45) is 5.92 Å². The van der Waals surface area contributed by atoms with E-state index in [0.29, 0.717) is 12.5 Å². The van der Waals surface area contributed by atoms with E-state index >= 15 is 0 Å². The Kier molecular flexibility index (Phi) is 4.67. The highest BCUT2D eigenvalue weighted by Crippen LogP contribution is 2.11. The van der Waals surface area contributed by atoms with Crippen molar-refractivity contribution in [2.75, 3.05) is 13.1 Å². The second kappa shape index (κ2) is 6.47. The van der Waals surface area contributed by atoms with Crippen LogP contribution in [0.4, 0.5) is 5.69 Å². The van der Waals surface area contributed by atoms with Gasteiger partial charge in [0, 0.05) is 25.6 Å². The Labute approximate surface area is 116 Å². The second-order valence-corrected chi connectivity index (χ2v) is 5.11. The Morgan fingerprint density at radius 1 is 1.70 bits per heavy atom. The number of hydrogen-bond donors (Lipinski definition) is 2. The zero-order valence-corrected chi connectivity index (χ0v) is 11.4. The highest BCUT2D eigenvalue weighted by atomic mass is 16.6. The average molecular weight is 281 g/mol. The second-order valence-electron chi connectivity index (χ2n) is 5.11. The fourth-order valence-corrected chi connectivity index (χ4v) is 2.25. The third-order valence-corrected chi connectivity index (χ3v) is 3.57. The highest BCUT2D eigenvalue weighted by Gasteiger charge is 2.22. The number of aromatic nitrogens is 2. The van der Waals surface area contributed by atoms with Crippen LogP contribution in [0.3, 0.4) is 0 Å². The van der Waals surface area contributed by atoms with Crippen LogP contribution in [0.2, 0.25) is 0 Å². The van der Waals surface area contributed by atoms with Crippen LogP contribution in [0.15, 0.2) is 12.4 Å².